The molecule has 8 nitrogen and oxygen atoms in total. The summed E-state index contributed by atoms with van der Waals surface area (Å²) < 4.78 is 34.1. The lowest BCUT2D eigenvalue weighted by atomic mass is 10.1. The summed E-state index contributed by atoms with van der Waals surface area (Å²) in [5.74, 6) is 0. The van der Waals surface area contributed by atoms with E-state index >= 15 is 0 Å². The van der Waals surface area contributed by atoms with E-state index in [-0.39, 0.29) is 24.7 Å². The third-order valence-corrected chi connectivity index (χ3v) is 5.01. The Bertz CT molecular complexity index is 917. The Morgan fingerprint density at radius 3 is 2.48 bits per heavy atom. The first-order valence-electron chi connectivity index (χ1n) is 7.66. The SMILES string of the molecule is CC(C)(COCCn1ccc(=O)[nH]c1=O)NS(=O)(=O)c1ccccc1. The quantitative estimate of drug-likeness (QED) is 0.653. The number of hydrogen-bond donors (Lipinski definition) is 2. The Balaban J connectivity index is 1.89. The number of benzene rings is 1. The van der Waals surface area contributed by atoms with Gasteiger partial charge in [0.25, 0.3) is 5.56 Å². The number of aromatic nitrogens is 2. The van der Waals surface area contributed by atoms with E-state index in [1.165, 1.54) is 29.0 Å². The van der Waals surface area contributed by atoms with Crippen molar-refractivity contribution in [1.82, 2.24) is 14.3 Å². The molecule has 0 aliphatic carbocycles. The van der Waals surface area contributed by atoms with Crippen LogP contribution in [0.15, 0.2) is 57.1 Å². The smallest absolute Gasteiger partial charge is 0.328 e. The molecule has 136 valence electrons. The van der Waals surface area contributed by atoms with Crippen molar-refractivity contribution in [3.63, 3.8) is 0 Å². The van der Waals surface area contributed by atoms with Gasteiger partial charge >= 0.3 is 5.69 Å². The minimum absolute atomic E-state index is 0.122. The van der Waals surface area contributed by atoms with Crippen molar-refractivity contribution < 1.29 is 13.2 Å². The Hall–Kier alpha value is -2.23. The zero-order valence-corrected chi connectivity index (χ0v) is 14.9. The average Bonchev–Trinajstić information content (AvgIpc) is 2.53. The van der Waals surface area contributed by atoms with Crippen LogP contribution in [0.2, 0.25) is 0 Å². The summed E-state index contributed by atoms with van der Waals surface area (Å²) in [7, 11) is -3.64. The standard InChI is InChI=1S/C16H21N3O5S/c1-16(2,18-25(22,23)13-6-4-3-5-7-13)12-24-11-10-19-9-8-14(20)17-15(19)21/h3-9,18H,10-12H2,1-2H3,(H,17,20,21). The van der Waals surface area contributed by atoms with Crippen LogP contribution in [0.5, 0.6) is 0 Å². The van der Waals surface area contributed by atoms with Gasteiger partial charge in [-0.2, -0.15) is 0 Å². The Morgan fingerprint density at radius 2 is 1.84 bits per heavy atom. The molecule has 0 atom stereocenters. The molecular weight excluding hydrogens is 346 g/mol. The highest BCUT2D eigenvalue weighted by atomic mass is 32.2. The van der Waals surface area contributed by atoms with Gasteiger partial charge < -0.3 is 4.74 Å². The predicted molar refractivity (Wildman–Crippen MR) is 93.0 cm³/mol. The second-order valence-corrected chi connectivity index (χ2v) is 7.84. The van der Waals surface area contributed by atoms with Gasteiger partial charge in [-0.05, 0) is 26.0 Å². The number of rotatable bonds is 8. The second kappa shape index (κ2) is 7.77. The van der Waals surface area contributed by atoms with Gasteiger partial charge in [0, 0.05) is 12.3 Å². The maximum atomic E-state index is 12.3. The minimum atomic E-state index is -3.64. The zero-order chi connectivity index (χ0) is 18.5. The fraction of sp³-hybridized carbons (Fsp3) is 0.375. The number of H-pyrrole nitrogens is 1. The lowest BCUT2D eigenvalue weighted by molar-refractivity contribution is 0.0847. The van der Waals surface area contributed by atoms with E-state index < -0.39 is 26.8 Å². The van der Waals surface area contributed by atoms with Gasteiger partial charge in [-0.3, -0.25) is 14.3 Å². The predicted octanol–water partition coefficient (Wildman–Crippen LogP) is 0.310. The molecule has 0 amide bonds. The molecule has 0 unspecified atom stereocenters. The van der Waals surface area contributed by atoms with Crippen molar-refractivity contribution in [3.05, 3.63) is 63.4 Å². The van der Waals surface area contributed by atoms with Gasteiger partial charge in [-0.15, -0.1) is 0 Å². The first-order valence-corrected chi connectivity index (χ1v) is 9.14. The molecular formula is C16H21N3O5S. The molecule has 0 saturated carbocycles. The number of sulfonamides is 1. The van der Waals surface area contributed by atoms with Gasteiger partial charge in [-0.25, -0.2) is 17.9 Å². The van der Waals surface area contributed by atoms with E-state index in [0.29, 0.717) is 0 Å². The first-order chi connectivity index (χ1) is 11.7. The molecule has 0 bridgehead atoms. The Labute approximate surface area is 145 Å². The highest BCUT2D eigenvalue weighted by Crippen LogP contribution is 2.13. The summed E-state index contributed by atoms with van der Waals surface area (Å²) >= 11 is 0. The third-order valence-electron chi connectivity index (χ3n) is 3.30. The number of nitrogens with one attached hydrogen (secondary N) is 2. The van der Waals surface area contributed by atoms with E-state index in [9.17, 15) is 18.0 Å². The van der Waals surface area contributed by atoms with E-state index in [4.69, 9.17) is 4.74 Å². The number of ether oxygens (including phenoxy) is 1. The summed E-state index contributed by atoms with van der Waals surface area (Å²) in [4.78, 5) is 24.9. The van der Waals surface area contributed by atoms with Crippen LogP contribution in [0.1, 0.15) is 13.8 Å². The van der Waals surface area contributed by atoms with Crippen LogP contribution in [0.25, 0.3) is 0 Å². The molecule has 9 heteroatoms. The Morgan fingerprint density at radius 1 is 1.16 bits per heavy atom. The van der Waals surface area contributed by atoms with Gasteiger partial charge in [0.2, 0.25) is 10.0 Å². The minimum Gasteiger partial charge on any atom is -0.378 e. The molecule has 2 rings (SSSR count). The van der Waals surface area contributed by atoms with Crippen LogP contribution in [0, 0.1) is 0 Å². The summed E-state index contributed by atoms with van der Waals surface area (Å²) in [5.41, 5.74) is -1.80. The van der Waals surface area contributed by atoms with Crippen molar-refractivity contribution >= 4 is 10.0 Å². The van der Waals surface area contributed by atoms with E-state index in [2.05, 4.69) is 9.71 Å². The fourth-order valence-corrected chi connectivity index (χ4v) is 3.58. The van der Waals surface area contributed by atoms with Crippen molar-refractivity contribution in [2.75, 3.05) is 13.2 Å². The summed E-state index contributed by atoms with van der Waals surface area (Å²) in [5, 5.41) is 0. The van der Waals surface area contributed by atoms with Crippen LogP contribution >= 0.6 is 0 Å². The Kier molecular flexibility index (Phi) is 5.93. The second-order valence-electron chi connectivity index (χ2n) is 6.16. The molecule has 2 N–H and O–H groups in total. The van der Waals surface area contributed by atoms with Gasteiger partial charge in [0.05, 0.1) is 30.2 Å². The molecule has 1 aromatic heterocycles. The number of nitrogens with zero attached hydrogens (tertiary/aromatic N) is 1. The van der Waals surface area contributed by atoms with Crippen LogP contribution < -0.4 is 16.0 Å². The van der Waals surface area contributed by atoms with Gasteiger partial charge in [0.15, 0.2) is 0 Å². The van der Waals surface area contributed by atoms with Crippen molar-refractivity contribution in [1.29, 1.82) is 0 Å². The monoisotopic (exact) mass is 367 g/mol. The van der Waals surface area contributed by atoms with Crippen LogP contribution in [0.3, 0.4) is 0 Å². The van der Waals surface area contributed by atoms with Crippen molar-refractivity contribution in [3.8, 4) is 0 Å². The molecule has 0 saturated heterocycles. The van der Waals surface area contributed by atoms with E-state index in [1.807, 2.05) is 0 Å². The number of hydrogen-bond acceptors (Lipinski definition) is 5. The first kappa shape index (κ1) is 19.1. The maximum absolute atomic E-state index is 12.3. The third kappa shape index (κ3) is 5.66. The number of aromatic amines is 1. The summed E-state index contributed by atoms with van der Waals surface area (Å²) in [6.45, 7) is 3.98. The van der Waals surface area contributed by atoms with Gasteiger partial charge in [-0.1, -0.05) is 18.2 Å². The molecule has 25 heavy (non-hydrogen) atoms. The van der Waals surface area contributed by atoms with E-state index in [1.54, 1.807) is 32.0 Å². The van der Waals surface area contributed by atoms with Gasteiger partial charge in [0.1, 0.15) is 0 Å². The van der Waals surface area contributed by atoms with Crippen LogP contribution in [-0.4, -0.2) is 36.7 Å². The van der Waals surface area contributed by atoms with E-state index in [0.717, 1.165) is 0 Å². The van der Waals surface area contributed by atoms with Crippen molar-refractivity contribution in [2.24, 2.45) is 0 Å². The van der Waals surface area contributed by atoms with Crippen molar-refractivity contribution in [2.45, 2.75) is 30.8 Å². The average molecular weight is 367 g/mol. The largest absolute Gasteiger partial charge is 0.378 e. The maximum Gasteiger partial charge on any atom is 0.328 e. The highest BCUT2D eigenvalue weighted by Gasteiger charge is 2.26. The molecule has 0 spiro atoms. The molecule has 0 radical (unpaired) electrons. The van der Waals surface area contributed by atoms with Crippen LogP contribution in [0.4, 0.5) is 0 Å². The zero-order valence-electron chi connectivity index (χ0n) is 14.1. The van der Waals surface area contributed by atoms with Crippen LogP contribution in [-0.2, 0) is 21.3 Å². The molecule has 2 aromatic rings. The lowest BCUT2D eigenvalue weighted by Gasteiger charge is -2.25. The molecule has 0 fully saturated rings. The summed E-state index contributed by atoms with van der Waals surface area (Å²) in [6.07, 6.45) is 1.38. The summed E-state index contributed by atoms with van der Waals surface area (Å²) in [6, 6.07) is 9.33. The molecule has 1 aromatic carbocycles. The lowest BCUT2D eigenvalue weighted by Crippen LogP contribution is -2.47. The molecule has 0 aliphatic heterocycles. The molecule has 1 heterocycles. The normalized spacial score (nSPS) is 12.2. The highest BCUT2D eigenvalue weighted by molar-refractivity contribution is 7.89. The topological polar surface area (TPSA) is 110 Å². The molecule has 0 aliphatic rings. The fourth-order valence-electron chi connectivity index (χ4n) is 2.16.